The van der Waals surface area contributed by atoms with E-state index in [1.807, 2.05) is 0 Å². The Bertz CT molecular complexity index is 976. The minimum atomic E-state index is -0.475. The van der Waals surface area contributed by atoms with E-state index in [4.69, 9.17) is 11.2 Å². The molecule has 1 aromatic carbocycles. The Hall–Kier alpha value is -3.45. The van der Waals surface area contributed by atoms with E-state index in [9.17, 15) is 19.7 Å². The van der Waals surface area contributed by atoms with Gasteiger partial charge in [-0.3, -0.25) is 14.9 Å². The second kappa shape index (κ2) is 9.84. The number of terminal acetylenes is 1. The molecule has 0 radical (unpaired) electrons. The molecule has 1 aromatic heterocycles. The van der Waals surface area contributed by atoms with Crippen LogP contribution in [-0.2, 0) is 11.3 Å². The lowest BCUT2D eigenvalue weighted by molar-refractivity contribution is -0.385. The summed E-state index contributed by atoms with van der Waals surface area (Å²) in [6.45, 7) is 1.07. The number of nitrogens with zero attached hydrogens (tertiary/aromatic N) is 3. The maximum atomic E-state index is 12.4. The summed E-state index contributed by atoms with van der Waals surface area (Å²) in [5.41, 5.74) is 0.670. The van der Waals surface area contributed by atoms with Gasteiger partial charge in [-0.05, 0) is 12.8 Å². The molecule has 10 heteroatoms. The predicted octanol–water partition coefficient (Wildman–Crippen LogP) is 2.93. The van der Waals surface area contributed by atoms with Crippen LogP contribution < -0.4 is 5.32 Å². The lowest BCUT2D eigenvalue weighted by Gasteiger charge is -2.30. The highest BCUT2D eigenvalue weighted by molar-refractivity contribution is 7.09. The topological polar surface area (TPSA) is 115 Å². The lowest BCUT2D eigenvalue weighted by Crippen LogP contribution is -2.38. The summed E-state index contributed by atoms with van der Waals surface area (Å²) < 4.78 is 4.94. The number of hydrogen-bond donors (Lipinski definition) is 1. The highest BCUT2D eigenvalue weighted by Gasteiger charge is 2.27. The second-order valence-corrected chi connectivity index (χ2v) is 7.55. The first kappa shape index (κ1) is 21.3. The number of nitro groups is 1. The van der Waals surface area contributed by atoms with Gasteiger partial charge in [0.05, 0.1) is 9.93 Å². The Morgan fingerprint density at radius 2 is 2.10 bits per heavy atom. The van der Waals surface area contributed by atoms with Gasteiger partial charge in [0.15, 0.2) is 6.61 Å². The average Bonchev–Trinajstić information content (AvgIpc) is 3.26. The van der Waals surface area contributed by atoms with Gasteiger partial charge in [0.1, 0.15) is 5.69 Å². The molecule has 0 bridgehead atoms. The molecular formula is C20H20N4O5S. The average molecular weight is 428 g/mol. The number of piperidine rings is 1. The number of nitrogens with one attached hydrogen (secondary N) is 1. The lowest BCUT2D eigenvalue weighted by atomic mass is 9.98. The molecule has 156 valence electrons. The van der Waals surface area contributed by atoms with Gasteiger partial charge in [-0.2, -0.15) is 0 Å². The monoisotopic (exact) mass is 428 g/mol. The molecule has 1 fully saturated rings. The summed E-state index contributed by atoms with van der Waals surface area (Å²) in [6, 6.07) is 6.27. The summed E-state index contributed by atoms with van der Waals surface area (Å²) in [7, 11) is 0. The van der Waals surface area contributed by atoms with Crippen molar-refractivity contribution in [3.8, 4) is 12.3 Å². The fourth-order valence-corrected chi connectivity index (χ4v) is 4.16. The standard InChI is InChI=1S/C20H20N4O5S/c1-2-11-29-20(26)23-9-7-14(8-10-23)19-22-16(13-30-19)18(25)21-12-15-5-3-4-6-17(15)24(27)28/h1,3-6,13-14H,7-12H2,(H,21,25). The van der Waals surface area contributed by atoms with E-state index in [0.29, 0.717) is 18.7 Å². The van der Waals surface area contributed by atoms with Crippen LogP contribution >= 0.6 is 11.3 Å². The number of para-hydroxylation sites is 1. The summed E-state index contributed by atoms with van der Waals surface area (Å²) in [4.78, 5) is 40.9. The van der Waals surface area contributed by atoms with Crippen LogP contribution in [0, 0.1) is 22.5 Å². The number of likely N-dealkylation sites (tertiary alicyclic amines) is 1. The first-order valence-corrected chi connectivity index (χ1v) is 10.2. The van der Waals surface area contributed by atoms with E-state index in [0.717, 1.165) is 17.8 Å². The van der Waals surface area contributed by atoms with Gasteiger partial charge in [0, 0.05) is 42.6 Å². The molecule has 3 rings (SSSR count). The Balaban J connectivity index is 1.54. The van der Waals surface area contributed by atoms with Gasteiger partial charge in [-0.1, -0.05) is 24.1 Å². The third-order valence-electron chi connectivity index (χ3n) is 4.76. The fraction of sp³-hybridized carbons (Fsp3) is 0.350. The second-order valence-electron chi connectivity index (χ2n) is 6.66. The molecule has 1 N–H and O–H groups in total. The largest absolute Gasteiger partial charge is 0.436 e. The Labute approximate surface area is 177 Å². The van der Waals surface area contributed by atoms with Crippen molar-refractivity contribution in [3.63, 3.8) is 0 Å². The molecule has 0 atom stereocenters. The highest BCUT2D eigenvalue weighted by Crippen LogP contribution is 2.30. The number of carbonyl (C=O) groups is 2. The molecule has 1 saturated heterocycles. The normalized spacial score (nSPS) is 14.0. The number of ether oxygens (including phenoxy) is 1. The van der Waals surface area contributed by atoms with Crippen molar-refractivity contribution in [2.45, 2.75) is 25.3 Å². The quantitative estimate of drug-likeness (QED) is 0.430. The van der Waals surface area contributed by atoms with Crippen molar-refractivity contribution in [1.29, 1.82) is 0 Å². The third kappa shape index (κ3) is 5.12. The van der Waals surface area contributed by atoms with Gasteiger partial charge >= 0.3 is 6.09 Å². The fourth-order valence-electron chi connectivity index (χ4n) is 3.19. The van der Waals surface area contributed by atoms with E-state index in [-0.39, 0.29) is 36.4 Å². The molecule has 0 aliphatic carbocycles. The summed E-state index contributed by atoms with van der Waals surface area (Å²) in [6.07, 6.45) is 6.11. The molecule has 1 aliphatic rings. The van der Waals surface area contributed by atoms with Gasteiger partial charge in [-0.25, -0.2) is 9.78 Å². The van der Waals surface area contributed by atoms with Crippen LogP contribution in [0.15, 0.2) is 29.6 Å². The molecule has 1 aliphatic heterocycles. The number of rotatable bonds is 6. The number of amides is 2. The molecule has 2 amide bonds. The van der Waals surface area contributed by atoms with Crippen LogP contribution in [0.1, 0.15) is 39.8 Å². The maximum Gasteiger partial charge on any atom is 0.410 e. The van der Waals surface area contributed by atoms with Crippen LogP contribution in [-0.4, -0.2) is 46.5 Å². The Kier molecular flexibility index (Phi) is 6.98. The van der Waals surface area contributed by atoms with Gasteiger partial charge in [0.25, 0.3) is 11.6 Å². The summed E-state index contributed by atoms with van der Waals surface area (Å²) in [5, 5.41) is 16.3. The van der Waals surface area contributed by atoms with Crippen LogP contribution in [0.4, 0.5) is 10.5 Å². The van der Waals surface area contributed by atoms with Gasteiger partial charge < -0.3 is 15.0 Å². The number of benzene rings is 1. The molecule has 30 heavy (non-hydrogen) atoms. The molecule has 0 unspecified atom stereocenters. The molecule has 0 saturated carbocycles. The zero-order valence-electron chi connectivity index (χ0n) is 16.1. The maximum absolute atomic E-state index is 12.4. The zero-order chi connectivity index (χ0) is 21.5. The number of nitro benzene ring substituents is 1. The SMILES string of the molecule is C#CCOC(=O)N1CCC(c2nc(C(=O)NCc3ccccc3[N+](=O)[O-])cs2)CC1. The number of thiazole rings is 1. The van der Waals surface area contributed by atoms with Crippen molar-refractivity contribution in [3.05, 3.63) is 56.0 Å². The molecule has 0 spiro atoms. The molecule has 2 aromatic rings. The summed E-state index contributed by atoms with van der Waals surface area (Å²) >= 11 is 1.40. The predicted molar refractivity (Wildman–Crippen MR) is 110 cm³/mol. The molecular weight excluding hydrogens is 408 g/mol. The minimum Gasteiger partial charge on any atom is -0.436 e. The van der Waals surface area contributed by atoms with Crippen molar-refractivity contribution >= 4 is 29.0 Å². The van der Waals surface area contributed by atoms with Crippen molar-refractivity contribution in [2.75, 3.05) is 19.7 Å². The van der Waals surface area contributed by atoms with Crippen LogP contribution in [0.3, 0.4) is 0 Å². The minimum absolute atomic E-state index is 0.0377. The highest BCUT2D eigenvalue weighted by atomic mass is 32.1. The smallest absolute Gasteiger partial charge is 0.410 e. The zero-order valence-corrected chi connectivity index (χ0v) is 16.9. The van der Waals surface area contributed by atoms with Crippen LogP contribution in [0.5, 0.6) is 0 Å². The number of carbonyl (C=O) groups excluding carboxylic acids is 2. The first-order valence-electron chi connectivity index (χ1n) is 9.30. The summed E-state index contributed by atoms with van der Waals surface area (Å²) in [5.74, 6) is 2.04. The van der Waals surface area contributed by atoms with E-state index < -0.39 is 11.0 Å². The van der Waals surface area contributed by atoms with Gasteiger partial charge in [0.2, 0.25) is 0 Å². The van der Waals surface area contributed by atoms with Crippen LogP contribution in [0.25, 0.3) is 0 Å². The van der Waals surface area contributed by atoms with Crippen molar-refractivity contribution in [1.82, 2.24) is 15.2 Å². The number of aromatic nitrogens is 1. The number of hydrogen-bond acceptors (Lipinski definition) is 7. The van der Waals surface area contributed by atoms with Crippen molar-refractivity contribution < 1.29 is 19.2 Å². The van der Waals surface area contributed by atoms with Crippen molar-refractivity contribution in [2.24, 2.45) is 0 Å². The Morgan fingerprint density at radius 3 is 2.80 bits per heavy atom. The third-order valence-corrected chi connectivity index (χ3v) is 5.77. The Morgan fingerprint density at radius 1 is 1.37 bits per heavy atom. The molecule has 2 heterocycles. The first-order chi connectivity index (χ1) is 14.5. The van der Waals surface area contributed by atoms with E-state index in [1.165, 1.54) is 17.4 Å². The van der Waals surface area contributed by atoms with E-state index >= 15 is 0 Å². The van der Waals surface area contributed by atoms with Crippen LogP contribution in [0.2, 0.25) is 0 Å². The molecule has 9 nitrogen and oxygen atoms in total. The van der Waals surface area contributed by atoms with Gasteiger partial charge in [-0.15, -0.1) is 17.8 Å². The van der Waals surface area contributed by atoms with E-state index in [2.05, 4.69) is 16.2 Å². The van der Waals surface area contributed by atoms with E-state index in [1.54, 1.807) is 28.5 Å².